The lowest BCUT2D eigenvalue weighted by Crippen LogP contribution is -2.20. The van der Waals surface area contributed by atoms with Crippen LogP contribution in [0.4, 0.5) is 35.1 Å². The average molecular weight is 295 g/mol. The maximum absolute atomic E-state index is 12.5. The third-order valence-corrected chi connectivity index (χ3v) is 1.91. The van der Waals surface area contributed by atoms with Gasteiger partial charge < -0.3 is 4.74 Å². The van der Waals surface area contributed by atoms with Crippen LogP contribution in [-0.4, -0.2) is 11.3 Å². The van der Waals surface area contributed by atoms with Crippen molar-refractivity contribution in [3.05, 3.63) is 23.0 Å². The molecule has 0 spiro atoms. The van der Waals surface area contributed by atoms with Crippen LogP contribution in [0.3, 0.4) is 0 Å². The monoisotopic (exact) mass is 295 g/mol. The first kappa shape index (κ1) is 15.4. The minimum atomic E-state index is -5.31. The second kappa shape index (κ2) is 4.82. The molecule has 0 amide bonds. The molecule has 1 rings (SSSR count). The fourth-order valence-electron chi connectivity index (χ4n) is 1.24. The Kier molecular flexibility index (Phi) is 3.92. The van der Waals surface area contributed by atoms with Crippen molar-refractivity contribution < 1.29 is 39.9 Å². The van der Waals surface area contributed by atoms with E-state index in [0.29, 0.717) is 6.92 Å². The summed E-state index contributed by atoms with van der Waals surface area (Å²) in [5.41, 5.74) is -4.16. The molecule has 1 aromatic heterocycles. The summed E-state index contributed by atoms with van der Waals surface area (Å²) < 4.78 is 101. The van der Waals surface area contributed by atoms with Gasteiger partial charge in [-0.2, -0.15) is 13.2 Å². The smallest absolute Gasteiger partial charge is 0.403 e. The Balaban J connectivity index is 3.40. The quantitative estimate of drug-likeness (QED) is 0.761. The van der Waals surface area contributed by atoms with Crippen LogP contribution in [0.5, 0.6) is 5.75 Å². The van der Waals surface area contributed by atoms with Gasteiger partial charge >= 0.3 is 12.5 Å². The molecule has 1 aromatic rings. The molecule has 108 valence electrons. The fourth-order valence-corrected chi connectivity index (χ4v) is 1.24. The lowest BCUT2D eigenvalue weighted by Gasteiger charge is -2.16. The van der Waals surface area contributed by atoms with Gasteiger partial charge in [0.1, 0.15) is 5.69 Å². The molecule has 0 N–H and O–H groups in total. The molecule has 0 radical (unpaired) electrons. The molecule has 0 atom stereocenters. The van der Waals surface area contributed by atoms with Gasteiger partial charge in [-0.15, -0.1) is 13.2 Å². The van der Waals surface area contributed by atoms with Gasteiger partial charge in [0.25, 0.3) is 6.43 Å². The number of aromatic nitrogens is 1. The van der Waals surface area contributed by atoms with Crippen LogP contribution in [0, 0.1) is 6.92 Å². The zero-order valence-corrected chi connectivity index (χ0v) is 9.03. The summed E-state index contributed by atoms with van der Waals surface area (Å²) in [6.07, 6.45) is -13.9. The van der Waals surface area contributed by atoms with Crippen molar-refractivity contribution in [1.29, 1.82) is 0 Å². The highest BCUT2D eigenvalue weighted by molar-refractivity contribution is 5.40. The SMILES string of the molecule is Cc1nc(C(F)(F)F)cc(C(F)F)c1OC(F)(F)F. The van der Waals surface area contributed by atoms with Gasteiger partial charge in [-0.1, -0.05) is 0 Å². The third kappa shape index (κ3) is 3.93. The molecule has 1 heterocycles. The molecule has 0 saturated carbocycles. The zero-order chi connectivity index (χ0) is 15.0. The molecule has 0 aliphatic rings. The summed E-state index contributed by atoms with van der Waals surface area (Å²) in [5.74, 6) is -1.42. The largest absolute Gasteiger partial charge is 0.573 e. The molecule has 0 unspecified atom stereocenters. The number of aryl methyl sites for hydroxylation is 1. The highest BCUT2D eigenvalue weighted by Crippen LogP contribution is 2.38. The van der Waals surface area contributed by atoms with Crippen LogP contribution in [0.2, 0.25) is 0 Å². The van der Waals surface area contributed by atoms with Crippen LogP contribution < -0.4 is 4.74 Å². The minimum Gasteiger partial charge on any atom is -0.403 e. The van der Waals surface area contributed by atoms with Crippen LogP contribution in [-0.2, 0) is 6.18 Å². The summed E-state index contributed by atoms with van der Waals surface area (Å²) in [6, 6.07) is -0.168. The Bertz CT molecular complexity index is 465. The molecular weight excluding hydrogens is 290 g/mol. The van der Waals surface area contributed by atoms with Crippen LogP contribution in [0.15, 0.2) is 6.07 Å². The summed E-state index contributed by atoms with van der Waals surface area (Å²) in [4.78, 5) is 2.79. The van der Waals surface area contributed by atoms with Gasteiger partial charge in [0.15, 0.2) is 5.75 Å². The molecule has 19 heavy (non-hydrogen) atoms. The number of ether oxygens (including phenoxy) is 1. The molecule has 0 fully saturated rings. The zero-order valence-electron chi connectivity index (χ0n) is 9.03. The Morgan fingerprint density at radius 3 is 2.00 bits per heavy atom. The molecular formula is C9H5F8NO. The van der Waals surface area contributed by atoms with E-state index < -0.39 is 41.7 Å². The predicted octanol–water partition coefficient (Wildman–Crippen LogP) is 4.25. The molecule has 2 nitrogen and oxygen atoms in total. The van der Waals surface area contributed by atoms with E-state index in [4.69, 9.17) is 0 Å². The van der Waals surface area contributed by atoms with Gasteiger partial charge in [0, 0.05) is 0 Å². The average Bonchev–Trinajstić information content (AvgIpc) is 2.16. The van der Waals surface area contributed by atoms with Crippen molar-refractivity contribution in [1.82, 2.24) is 4.98 Å². The van der Waals surface area contributed by atoms with E-state index in [1.54, 1.807) is 0 Å². The second-order valence-electron chi connectivity index (χ2n) is 3.36. The lowest BCUT2D eigenvalue weighted by atomic mass is 10.1. The van der Waals surface area contributed by atoms with Gasteiger partial charge in [-0.25, -0.2) is 13.8 Å². The summed E-state index contributed by atoms with van der Waals surface area (Å²) in [6.45, 7) is 0.711. The first-order chi connectivity index (χ1) is 8.42. The Morgan fingerprint density at radius 2 is 1.63 bits per heavy atom. The first-order valence-electron chi connectivity index (χ1n) is 4.54. The summed E-state index contributed by atoms with van der Waals surface area (Å²) in [7, 11) is 0. The number of rotatable bonds is 2. The van der Waals surface area contributed by atoms with Crippen molar-refractivity contribution in [3.63, 3.8) is 0 Å². The lowest BCUT2D eigenvalue weighted by molar-refractivity contribution is -0.275. The molecule has 0 bridgehead atoms. The van der Waals surface area contributed by atoms with Crippen molar-refractivity contribution in [2.45, 2.75) is 25.9 Å². The third-order valence-electron chi connectivity index (χ3n) is 1.91. The van der Waals surface area contributed by atoms with E-state index in [-0.39, 0.29) is 6.07 Å². The topological polar surface area (TPSA) is 22.1 Å². The Labute approximate surface area is 101 Å². The maximum atomic E-state index is 12.5. The van der Waals surface area contributed by atoms with E-state index in [2.05, 4.69) is 9.72 Å². The fraction of sp³-hybridized carbons (Fsp3) is 0.444. The van der Waals surface area contributed by atoms with Crippen LogP contribution in [0.1, 0.15) is 23.4 Å². The van der Waals surface area contributed by atoms with Crippen molar-refractivity contribution in [2.75, 3.05) is 0 Å². The highest BCUT2D eigenvalue weighted by Gasteiger charge is 2.38. The van der Waals surface area contributed by atoms with Crippen molar-refractivity contribution >= 4 is 0 Å². The Hall–Kier alpha value is -1.61. The van der Waals surface area contributed by atoms with E-state index in [1.807, 2.05) is 0 Å². The van der Waals surface area contributed by atoms with Crippen LogP contribution in [0.25, 0.3) is 0 Å². The molecule has 0 aromatic carbocycles. The van der Waals surface area contributed by atoms with Crippen LogP contribution >= 0.6 is 0 Å². The predicted molar refractivity (Wildman–Crippen MR) is 45.6 cm³/mol. The number of alkyl halides is 8. The molecule has 0 aliphatic carbocycles. The van der Waals surface area contributed by atoms with Gasteiger partial charge in [-0.3, -0.25) is 0 Å². The molecule has 10 heteroatoms. The van der Waals surface area contributed by atoms with Gasteiger partial charge in [0.2, 0.25) is 0 Å². The Morgan fingerprint density at radius 1 is 1.11 bits per heavy atom. The van der Waals surface area contributed by atoms with Gasteiger partial charge in [-0.05, 0) is 13.0 Å². The minimum absolute atomic E-state index is 0.168. The number of halogens is 8. The highest BCUT2D eigenvalue weighted by atomic mass is 19.4. The summed E-state index contributed by atoms with van der Waals surface area (Å²) in [5, 5.41) is 0. The van der Waals surface area contributed by atoms with E-state index in [1.165, 1.54) is 0 Å². The van der Waals surface area contributed by atoms with E-state index in [9.17, 15) is 35.1 Å². The number of pyridine rings is 1. The first-order valence-corrected chi connectivity index (χ1v) is 4.54. The van der Waals surface area contributed by atoms with Crippen molar-refractivity contribution in [2.24, 2.45) is 0 Å². The van der Waals surface area contributed by atoms with Gasteiger partial charge in [0.05, 0.1) is 11.3 Å². The standard InChI is InChI=1S/C9H5F8NO/c1-3-6(19-9(15,16)17)4(7(10)11)2-5(18-3)8(12,13)14/h2,7H,1H3. The summed E-state index contributed by atoms with van der Waals surface area (Å²) >= 11 is 0. The molecule has 0 aliphatic heterocycles. The van der Waals surface area contributed by atoms with E-state index in [0.717, 1.165) is 0 Å². The van der Waals surface area contributed by atoms with Crippen molar-refractivity contribution in [3.8, 4) is 5.75 Å². The number of hydrogen-bond donors (Lipinski definition) is 0. The number of hydrogen-bond acceptors (Lipinski definition) is 2. The number of nitrogens with zero attached hydrogens (tertiary/aromatic N) is 1. The normalized spacial score (nSPS) is 12.9. The maximum Gasteiger partial charge on any atom is 0.573 e. The van der Waals surface area contributed by atoms with E-state index >= 15 is 0 Å². The second-order valence-corrected chi connectivity index (χ2v) is 3.36. The molecule has 0 saturated heterocycles.